The van der Waals surface area contributed by atoms with Crippen LogP contribution < -0.4 is 15.5 Å². The summed E-state index contributed by atoms with van der Waals surface area (Å²) in [4.78, 5) is 22.2. The molecule has 2 N–H and O–H groups in total. The Balaban J connectivity index is 1.48. The number of aromatic nitrogens is 5. The Labute approximate surface area is 164 Å². The number of halogens is 1. The molecule has 4 heterocycles. The number of imidazole rings is 1. The second-order valence-electron chi connectivity index (χ2n) is 6.46. The van der Waals surface area contributed by atoms with E-state index in [9.17, 15) is 4.39 Å². The Morgan fingerprint density at radius 3 is 2.43 bits per heavy atom. The van der Waals surface area contributed by atoms with E-state index in [1.54, 1.807) is 34.4 Å². The predicted octanol–water partition coefficient (Wildman–Crippen LogP) is 2.32. The quantitative estimate of drug-likeness (QED) is 0.568. The van der Waals surface area contributed by atoms with E-state index in [1.165, 1.54) is 12.1 Å². The van der Waals surface area contributed by atoms with Gasteiger partial charge in [-0.05, 0) is 24.3 Å². The number of anilines is 3. The number of fused-ring (bicyclic) bond motifs is 1. The van der Waals surface area contributed by atoms with Gasteiger partial charge in [0.25, 0.3) is 0 Å². The first-order valence-corrected chi connectivity index (χ1v) is 9.73. The number of thiazole rings is 1. The molecule has 1 aliphatic rings. The Morgan fingerprint density at radius 1 is 0.964 bits per heavy atom. The van der Waals surface area contributed by atoms with Crippen LogP contribution in [0.25, 0.3) is 16.9 Å². The fourth-order valence-corrected chi connectivity index (χ4v) is 4.09. The van der Waals surface area contributed by atoms with E-state index in [-0.39, 0.29) is 11.8 Å². The number of nitrogen functional groups attached to an aromatic ring is 1. The summed E-state index contributed by atoms with van der Waals surface area (Å²) in [6.07, 6.45) is 3.49. The van der Waals surface area contributed by atoms with Gasteiger partial charge in [0.1, 0.15) is 12.1 Å². The lowest BCUT2D eigenvalue weighted by Gasteiger charge is -2.35. The smallest absolute Gasteiger partial charge is 0.224 e. The number of rotatable bonds is 3. The van der Waals surface area contributed by atoms with Crippen LogP contribution in [0.4, 0.5) is 21.3 Å². The van der Waals surface area contributed by atoms with Crippen molar-refractivity contribution in [1.29, 1.82) is 0 Å². The van der Waals surface area contributed by atoms with Crippen LogP contribution in [0.5, 0.6) is 0 Å². The number of piperazine rings is 1. The lowest BCUT2D eigenvalue weighted by atomic mass is 10.3. The molecule has 3 aromatic heterocycles. The average molecular weight is 396 g/mol. The van der Waals surface area contributed by atoms with Gasteiger partial charge in [-0.25, -0.2) is 14.4 Å². The standard InChI is InChI=1S/C18H17FN8S/c19-12-1-3-13(4-2-12)27-11-22-14-15(23-17(20)24-16(14)27)25-6-8-26(9-7-25)18-21-5-10-28-18/h1-5,10-11H,6-9H2,(H2,20,23,24). The minimum atomic E-state index is -0.291. The Hall–Kier alpha value is -3.27. The van der Waals surface area contributed by atoms with E-state index < -0.39 is 0 Å². The highest BCUT2D eigenvalue weighted by molar-refractivity contribution is 7.13. The first-order valence-electron chi connectivity index (χ1n) is 8.85. The van der Waals surface area contributed by atoms with Crippen molar-refractivity contribution in [3.63, 3.8) is 0 Å². The van der Waals surface area contributed by atoms with Crippen LogP contribution in [0.3, 0.4) is 0 Å². The third-order valence-corrected chi connectivity index (χ3v) is 5.60. The number of hydrogen-bond acceptors (Lipinski definition) is 8. The average Bonchev–Trinajstić information content (AvgIpc) is 3.38. The zero-order valence-electron chi connectivity index (χ0n) is 14.9. The molecule has 0 spiro atoms. The van der Waals surface area contributed by atoms with Crippen molar-refractivity contribution in [3.05, 3.63) is 48.0 Å². The second kappa shape index (κ2) is 6.71. The summed E-state index contributed by atoms with van der Waals surface area (Å²) >= 11 is 1.64. The maximum absolute atomic E-state index is 13.3. The first kappa shape index (κ1) is 16.9. The van der Waals surface area contributed by atoms with Gasteiger partial charge in [-0.2, -0.15) is 9.97 Å². The van der Waals surface area contributed by atoms with Gasteiger partial charge in [0.15, 0.2) is 22.1 Å². The Morgan fingerprint density at radius 2 is 1.71 bits per heavy atom. The van der Waals surface area contributed by atoms with Gasteiger partial charge >= 0.3 is 0 Å². The minimum absolute atomic E-state index is 0.189. The van der Waals surface area contributed by atoms with Crippen molar-refractivity contribution in [3.8, 4) is 5.69 Å². The van der Waals surface area contributed by atoms with Crippen LogP contribution in [0.1, 0.15) is 0 Å². The van der Waals surface area contributed by atoms with Crippen molar-refractivity contribution < 1.29 is 4.39 Å². The van der Waals surface area contributed by atoms with Gasteiger partial charge in [0.05, 0.1) is 0 Å². The molecular weight excluding hydrogens is 379 g/mol. The summed E-state index contributed by atoms with van der Waals surface area (Å²) in [5.41, 5.74) is 8.05. The molecule has 28 heavy (non-hydrogen) atoms. The molecule has 1 fully saturated rings. The minimum Gasteiger partial charge on any atom is -0.368 e. The van der Waals surface area contributed by atoms with E-state index >= 15 is 0 Å². The molecule has 0 radical (unpaired) electrons. The molecule has 4 aromatic rings. The van der Waals surface area contributed by atoms with E-state index in [4.69, 9.17) is 5.73 Å². The lowest BCUT2D eigenvalue weighted by Crippen LogP contribution is -2.47. The summed E-state index contributed by atoms with van der Waals surface area (Å²) in [6, 6.07) is 6.18. The molecule has 1 aromatic carbocycles. The van der Waals surface area contributed by atoms with Crippen LogP contribution in [0, 0.1) is 5.82 Å². The summed E-state index contributed by atoms with van der Waals surface area (Å²) in [5.74, 6) is 0.622. The third kappa shape index (κ3) is 2.91. The van der Waals surface area contributed by atoms with Crippen LogP contribution in [0.15, 0.2) is 42.2 Å². The molecule has 0 aliphatic carbocycles. The maximum atomic E-state index is 13.3. The summed E-state index contributed by atoms with van der Waals surface area (Å²) in [7, 11) is 0. The monoisotopic (exact) mass is 396 g/mol. The zero-order chi connectivity index (χ0) is 19.1. The van der Waals surface area contributed by atoms with Crippen LogP contribution >= 0.6 is 11.3 Å². The van der Waals surface area contributed by atoms with Crippen LogP contribution in [-0.2, 0) is 0 Å². The Kier molecular flexibility index (Phi) is 4.05. The molecule has 0 bridgehead atoms. The highest BCUT2D eigenvalue weighted by Gasteiger charge is 2.23. The normalized spacial score (nSPS) is 14.8. The van der Waals surface area contributed by atoms with Crippen molar-refractivity contribution in [2.45, 2.75) is 0 Å². The fourth-order valence-electron chi connectivity index (χ4n) is 3.39. The van der Waals surface area contributed by atoms with E-state index in [0.717, 1.165) is 42.8 Å². The van der Waals surface area contributed by atoms with Gasteiger partial charge in [0, 0.05) is 43.4 Å². The third-order valence-electron chi connectivity index (χ3n) is 4.77. The van der Waals surface area contributed by atoms with E-state index in [0.29, 0.717) is 11.2 Å². The van der Waals surface area contributed by atoms with Crippen LogP contribution in [0.2, 0.25) is 0 Å². The summed E-state index contributed by atoms with van der Waals surface area (Å²) < 4.78 is 15.1. The van der Waals surface area contributed by atoms with Gasteiger partial charge in [0.2, 0.25) is 5.95 Å². The molecule has 1 aliphatic heterocycles. The van der Waals surface area contributed by atoms with Crippen molar-refractivity contribution >= 4 is 39.4 Å². The summed E-state index contributed by atoms with van der Waals surface area (Å²) in [5, 5.41) is 3.02. The van der Waals surface area contributed by atoms with Gasteiger partial charge in [-0.15, -0.1) is 11.3 Å². The van der Waals surface area contributed by atoms with Gasteiger partial charge < -0.3 is 15.5 Å². The predicted molar refractivity (Wildman–Crippen MR) is 108 cm³/mol. The number of hydrogen-bond donors (Lipinski definition) is 1. The van der Waals surface area contributed by atoms with Crippen LogP contribution in [-0.4, -0.2) is 50.7 Å². The fraction of sp³-hybridized carbons (Fsp3) is 0.222. The van der Waals surface area contributed by atoms with Gasteiger partial charge in [-0.1, -0.05) is 0 Å². The topological polar surface area (TPSA) is 89.0 Å². The summed E-state index contributed by atoms with van der Waals surface area (Å²) in [6.45, 7) is 3.26. The first-order chi connectivity index (χ1) is 13.7. The number of nitrogens with zero attached hydrogens (tertiary/aromatic N) is 7. The van der Waals surface area contributed by atoms with E-state index in [1.807, 2.05) is 11.6 Å². The van der Waals surface area contributed by atoms with Gasteiger partial charge in [-0.3, -0.25) is 4.57 Å². The van der Waals surface area contributed by atoms with Crippen molar-refractivity contribution in [2.75, 3.05) is 41.7 Å². The van der Waals surface area contributed by atoms with Crippen molar-refractivity contribution in [2.24, 2.45) is 0 Å². The van der Waals surface area contributed by atoms with Crippen molar-refractivity contribution in [1.82, 2.24) is 24.5 Å². The molecule has 5 rings (SSSR count). The molecule has 10 heteroatoms. The molecule has 0 saturated carbocycles. The van der Waals surface area contributed by atoms with E-state index in [2.05, 4.69) is 29.7 Å². The molecule has 142 valence electrons. The number of nitrogens with two attached hydrogens (primary N) is 1. The lowest BCUT2D eigenvalue weighted by molar-refractivity contribution is 0.627. The second-order valence-corrected chi connectivity index (χ2v) is 7.33. The molecule has 1 saturated heterocycles. The highest BCUT2D eigenvalue weighted by Crippen LogP contribution is 2.27. The zero-order valence-corrected chi connectivity index (χ0v) is 15.7. The molecule has 0 unspecified atom stereocenters. The largest absolute Gasteiger partial charge is 0.368 e. The molecule has 8 nitrogen and oxygen atoms in total. The SMILES string of the molecule is Nc1nc(N2CCN(c3nccs3)CC2)c2ncn(-c3ccc(F)cc3)c2n1. The highest BCUT2D eigenvalue weighted by atomic mass is 32.1. The Bertz CT molecular complexity index is 1100. The number of benzene rings is 1. The molecular formula is C18H17FN8S. The molecule has 0 atom stereocenters. The molecule has 0 amide bonds. The maximum Gasteiger partial charge on any atom is 0.224 e.